The number of quaternary nitrogens is 1. The molecule has 0 aromatic heterocycles. The van der Waals surface area contributed by atoms with Crippen molar-refractivity contribution in [3.8, 4) is 0 Å². The van der Waals surface area contributed by atoms with E-state index in [9.17, 15) is 0 Å². The van der Waals surface area contributed by atoms with Crippen LogP contribution >= 0.6 is 0 Å². The zero-order chi connectivity index (χ0) is 17.3. The van der Waals surface area contributed by atoms with E-state index >= 15 is 0 Å². The summed E-state index contributed by atoms with van der Waals surface area (Å²) in [5.41, 5.74) is 4.49. The van der Waals surface area contributed by atoms with Crippen LogP contribution in [0.5, 0.6) is 0 Å². The summed E-state index contributed by atoms with van der Waals surface area (Å²) in [6.45, 7) is 2.49. The van der Waals surface area contributed by atoms with Gasteiger partial charge >= 0.3 is 0 Å². The molecule has 1 fully saturated rings. The zero-order valence-electron chi connectivity index (χ0n) is 16.1. The molecule has 2 aliphatic rings. The molecular weight excluding hydrogens is 431 g/mol. The number of hydrogen-bond acceptors (Lipinski definition) is 1. The number of para-hydroxylation sites is 1. The van der Waals surface area contributed by atoms with E-state index in [1.807, 2.05) is 0 Å². The predicted octanol–water partition coefficient (Wildman–Crippen LogP) is 1.29. The molecule has 140 valence electrons. The Morgan fingerprint density at radius 2 is 1.50 bits per heavy atom. The number of rotatable bonds is 4. The monoisotopic (exact) mass is 462 g/mol. The van der Waals surface area contributed by atoms with E-state index in [1.54, 1.807) is 11.1 Å². The molecule has 2 aromatic carbocycles. The maximum absolute atomic E-state index is 2.72. The van der Waals surface area contributed by atoms with Gasteiger partial charge in [-0.2, -0.15) is 0 Å². The van der Waals surface area contributed by atoms with E-state index < -0.39 is 0 Å². The maximum Gasteiger partial charge on any atom is 0.106 e. The fourth-order valence-corrected chi connectivity index (χ4v) is 4.81. The van der Waals surface area contributed by atoms with Crippen molar-refractivity contribution in [2.24, 2.45) is 0 Å². The van der Waals surface area contributed by atoms with E-state index in [-0.39, 0.29) is 24.0 Å². The van der Waals surface area contributed by atoms with E-state index in [1.165, 1.54) is 55.4 Å². The lowest BCUT2D eigenvalue weighted by Gasteiger charge is -2.45. The summed E-state index contributed by atoms with van der Waals surface area (Å²) in [6.07, 6.45) is 6.50. The summed E-state index contributed by atoms with van der Waals surface area (Å²) < 4.78 is 1.17. The van der Waals surface area contributed by atoms with Gasteiger partial charge in [0.05, 0.1) is 27.2 Å². The quantitative estimate of drug-likeness (QED) is 0.489. The molecule has 2 nitrogen and oxygen atoms in total. The Labute approximate surface area is 175 Å². The van der Waals surface area contributed by atoms with Gasteiger partial charge in [0.25, 0.3) is 0 Å². The van der Waals surface area contributed by atoms with Crippen molar-refractivity contribution in [2.75, 3.05) is 32.1 Å². The van der Waals surface area contributed by atoms with E-state index in [0.29, 0.717) is 6.04 Å². The minimum atomic E-state index is 0. The highest BCUT2D eigenvalue weighted by Gasteiger charge is 2.36. The molecule has 26 heavy (non-hydrogen) atoms. The second kappa shape index (κ2) is 8.30. The molecule has 2 aromatic rings. The van der Waals surface area contributed by atoms with Gasteiger partial charge in [0.2, 0.25) is 0 Å². The number of likely N-dealkylation sites (tertiary alicyclic amines) is 1. The van der Waals surface area contributed by atoms with Gasteiger partial charge in [-0.25, -0.2) is 0 Å². The Bertz CT molecular complexity index is 688. The molecule has 1 saturated heterocycles. The van der Waals surface area contributed by atoms with Gasteiger partial charge in [0.1, 0.15) is 6.04 Å². The SMILES string of the molecule is C[N+]1(C)CCCCC1CN(c1ccccc1)C1Cc2ccccc2C1.[I-]. The lowest BCUT2D eigenvalue weighted by Crippen LogP contribution is -3.00. The summed E-state index contributed by atoms with van der Waals surface area (Å²) in [5.74, 6) is 0. The van der Waals surface area contributed by atoms with E-state index in [0.717, 1.165) is 6.04 Å². The predicted molar refractivity (Wildman–Crippen MR) is 106 cm³/mol. The van der Waals surface area contributed by atoms with Crippen LogP contribution in [-0.2, 0) is 12.8 Å². The first-order valence-corrected chi connectivity index (χ1v) is 9.85. The Morgan fingerprint density at radius 1 is 0.885 bits per heavy atom. The van der Waals surface area contributed by atoms with Crippen molar-refractivity contribution in [3.05, 3.63) is 65.7 Å². The first kappa shape index (κ1) is 19.7. The third-order valence-corrected chi connectivity index (χ3v) is 6.48. The van der Waals surface area contributed by atoms with Crippen LogP contribution in [-0.4, -0.2) is 43.8 Å². The molecular formula is C23H31IN2. The average molecular weight is 462 g/mol. The standard InChI is InChI=1S/C23H31N2.HI/c1-25(2)15-9-8-14-23(25)18-24(21-12-4-3-5-13-21)22-16-19-10-6-7-11-20(19)17-22;/h3-7,10-13,22-23H,8-9,14-18H2,1-2H3;1H/q+1;/p-1. The second-order valence-electron chi connectivity index (χ2n) is 8.47. The lowest BCUT2D eigenvalue weighted by atomic mass is 9.98. The van der Waals surface area contributed by atoms with Crippen LogP contribution < -0.4 is 28.9 Å². The summed E-state index contributed by atoms with van der Waals surface area (Å²) in [5, 5.41) is 0. The molecule has 1 aliphatic carbocycles. The Kier molecular flexibility index (Phi) is 6.29. The van der Waals surface area contributed by atoms with Crippen molar-refractivity contribution < 1.29 is 28.5 Å². The van der Waals surface area contributed by atoms with Crippen molar-refractivity contribution in [1.82, 2.24) is 0 Å². The number of benzene rings is 2. The molecule has 0 saturated carbocycles. The van der Waals surface area contributed by atoms with Crippen LogP contribution in [0.25, 0.3) is 0 Å². The summed E-state index contributed by atoms with van der Waals surface area (Å²) in [7, 11) is 4.85. The van der Waals surface area contributed by atoms with Crippen molar-refractivity contribution >= 4 is 5.69 Å². The first-order chi connectivity index (χ1) is 12.1. The normalized spacial score (nSPS) is 21.7. The number of hydrogen-bond donors (Lipinski definition) is 0. The number of anilines is 1. The molecule has 1 atom stereocenters. The topological polar surface area (TPSA) is 3.24 Å². The molecule has 3 heteroatoms. The number of likely N-dealkylation sites (N-methyl/N-ethyl adjacent to an activating group) is 1. The minimum Gasteiger partial charge on any atom is -1.00 e. The van der Waals surface area contributed by atoms with Crippen LogP contribution in [0.2, 0.25) is 0 Å². The molecule has 0 amide bonds. The molecule has 0 radical (unpaired) electrons. The summed E-state index contributed by atoms with van der Waals surface area (Å²) in [4.78, 5) is 2.72. The van der Waals surface area contributed by atoms with Crippen LogP contribution in [0.4, 0.5) is 5.69 Å². The van der Waals surface area contributed by atoms with E-state index in [2.05, 4.69) is 73.6 Å². The molecule has 1 unspecified atom stereocenters. The average Bonchev–Trinajstić information content (AvgIpc) is 3.05. The van der Waals surface area contributed by atoms with Gasteiger partial charge in [0, 0.05) is 18.2 Å². The minimum absolute atomic E-state index is 0. The van der Waals surface area contributed by atoms with Gasteiger partial charge in [0.15, 0.2) is 0 Å². The summed E-state index contributed by atoms with van der Waals surface area (Å²) >= 11 is 0. The van der Waals surface area contributed by atoms with Crippen molar-refractivity contribution in [3.63, 3.8) is 0 Å². The Hall–Kier alpha value is -1.07. The fourth-order valence-electron chi connectivity index (χ4n) is 4.81. The van der Waals surface area contributed by atoms with Gasteiger partial charge < -0.3 is 33.4 Å². The molecule has 0 bridgehead atoms. The lowest BCUT2D eigenvalue weighted by molar-refractivity contribution is -0.918. The van der Waals surface area contributed by atoms with Crippen LogP contribution in [0.3, 0.4) is 0 Å². The summed E-state index contributed by atoms with van der Waals surface area (Å²) in [6, 6.07) is 21.4. The van der Waals surface area contributed by atoms with Gasteiger partial charge in [-0.15, -0.1) is 0 Å². The fraction of sp³-hybridized carbons (Fsp3) is 0.478. The molecule has 1 aliphatic heterocycles. The first-order valence-electron chi connectivity index (χ1n) is 9.85. The van der Waals surface area contributed by atoms with Crippen molar-refractivity contribution in [1.29, 1.82) is 0 Å². The Balaban J connectivity index is 0.00000196. The molecule has 0 spiro atoms. The van der Waals surface area contributed by atoms with Crippen molar-refractivity contribution in [2.45, 2.75) is 44.2 Å². The van der Waals surface area contributed by atoms with Gasteiger partial charge in [-0.3, -0.25) is 0 Å². The number of halogens is 1. The third-order valence-electron chi connectivity index (χ3n) is 6.48. The highest BCUT2D eigenvalue weighted by Crippen LogP contribution is 2.31. The van der Waals surface area contributed by atoms with Gasteiger partial charge in [-0.05, 0) is 48.9 Å². The van der Waals surface area contributed by atoms with Crippen LogP contribution in [0.1, 0.15) is 30.4 Å². The van der Waals surface area contributed by atoms with Gasteiger partial charge in [-0.1, -0.05) is 42.5 Å². The second-order valence-corrected chi connectivity index (χ2v) is 8.47. The number of fused-ring (bicyclic) bond motifs is 1. The smallest absolute Gasteiger partial charge is 0.106 e. The molecule has 4 rings (SSSR count). The molecule has 1 heterocycles. The third kappa shape index (κ3) is 4.09. The largest absolute Gasteiger partial charge is 1.00 e. The zero-order valence-corrected chi connectivity index (χ0v) is 18.2. The number of piperidine rings is 1. The Morgan fingerprint density at radius 3 is 2.12 bits per heavy atom. The van der Waals surface area contributed by atoms with Crippen LogP contribution in [0, 0.1) is 0 Å². The maximum atomic E-state index is 2.72. The van der Waals surface area contributed by atoms with Crippen LogP contribution in [0.15, 0.2) is 54.6 Å². The highest BCUT2D eigenvalue weighted by molar-refractivity contribution is 5.50. The highest BCUT2D eigenvalue weighted by atomic mass is 127. The van der Waals surface area contributed by atoms with E-state index in [4.69, 9.17) is 0 Å². The number of nitrogens with zero attached hydrogens (tertiary/aromatic N) is 2. The molecule has 0 N–H and O–H groups in total.